The molecule has 0 radical (unpaired) electrons. The molecule has 1 N–H and O–H groups in total. The van der Waals surface area contributed by atoms with Gasteiger partial charge in [0.25, 0.3) is 5.91 Å². The van der Waals surface area contributed by atoms with Crippen molar-refractivity contribution in [2.45, 2.75) is 18.8 Å². The first-order chi connectivity index (χ1) is 7.70. The molecule has 1 aromatic heterocycles. The van der Waals surface area contributed by atoms with Crippen LogP contribution in [0.25, 0.3) is 0 Å². The third-order valence-corrected chi connectivity index (χ3v) is 2.92. The lowest BCUT2D eigenvalue weighted by atomic mass is 9.93. The first-order valence-corrected chi connectivity index (χ1v) is 5.56. The van der Waals surface area contributed by atoms with Crippen LogP contribution in [0.3, 0.4) is 0 Å². The Bertz CT molecular complexity index is 367. The van der Waals surface area contributed by atoms with Crippen molar-refractivity contribution >= 4 is 5.91 Å². The fourth-order valence-corrected chi connectivity index (χ4v) is 2.03. The fourth-order valence-electron chi connectivity index (χ4n) is 2.03. The van der Waals surface area contributed by atoms with Gasteiger partial charge < -0.3 is 14.7 Å². The van der Waals surface area contributed by atoms with Gasteiger partial charge in [-0.15, -0.1) is 0 Å². The van der Waals surface area contributed by atoms with E-state index in [1.54, 1.807) is 19.0 Å². The highest BCUT2D eigenvalue weighted by atomic mass is 16.5. The summed E-state index contributed by atoms with van der Waals surface area (Å²) in [6.45, 7) is 1.92. The van der Waals surface area contributed by atoms with Gasteiger partial charge >= 0.3 is 0 Å². The molecule has 5 nitrogen and oxygen atoms in total. The summed E-state index contributed by atoms with van der Waals surface area (Å²) in [6, 6.07) is 0. The summed E-state index contributed by atoms with van der Waals surface area (Å²) < 4.78 is 4.94. The zero-order valence-electron chi connectivity index (χ0n) is 9.69. The van der Waals surface area contributed by atoms with Gasteiger partial charge in [0.2, 0.25) is 0 Å². The van der Waals surface area contributed by atoms with Crippen LogP contribution >= 0.6 is 0 Å². The topological polar surface area (TPSA) is 58.4 Å². The Morgan fingerprint density at radius 3 is 3.06 bits per heavy atom. The maximum Gasteiger partial charge on any atom is 0.258 e. The molecule has 5 heteroatoms. The molecule has 88 valence electrons. The molecule has 1 saturated heterocycles. The summed E-state index contributed by atoms with van der Waals surface area (Å²) in [5.74, 6) is 0.258. The van der Waals surface area contributed by atoms with E-state index in [-0.39, 0.29) is 5.91 Å². The smallest absolute Gasteiger partial charge is 0.258 e. The first kappa shape index (κ1) is 11.1. The molecule has 2 rings (SSSR count). The fraction of sp³-hybridized carbons (Fsp3) is 0.636. The van der Waals surface area contributed by atoms with E-state index in [9.17, 15) is 4.79 Å². The van der Waals surface area contributed by atoms with Gasteiger partial charge in [-0.2, -0.15) is 0 Å². The van der Waals surface area contributed by atoms with E-state index >= 15 is 0 Å². The number of carbonyl (C=O) groups excluding carboxylic acids is 1. The van der Waals surface area contributed by atoms with Crippen molar-refractivity contribution in [2.75, 3.05) is 27.2 Å². The average molecular weight is 223 g/mol. The van der Waals surface area contributed by atoms with E-state index in [1.165, 1.54) is 6.26 Å². The number of hydrogen-bond donors (Lipinski definition) is 1. The highest BCUT2D eigenvalue weighted by molar-refractivity contribution is 5.94. The largest absolute Gasteiger partial charge is 0.364 e. The monoisotopic (exact) mass is 223 g/mol. The average Bonchev–Trinajstić information content (AvgIpc) is 2.77. The number of carbonyl (C=O) groups is 1. The van der Waals surface area contributed by atoms with Gasteiger partial charge in [-0.05, 0) is 19.4 Å². The Hall–Kier alpha value is -1.36. The third-order valence-electron chi connectivity index (χ3n) is 2.92. The van der Waals surface area contributed by atoms with Gasteiger partial charge in [0.05, 0.1) is 0 Å². The Morgan fingerprint density at radius 1 is 1.62 bits per heavy atom. The van der Waals surface area contributed by atoms with Crippen LogP contribution in [0.5, 0.6) is 0 Å². The summed E-state index contributed by atoms with van der Waals surface area (Å²) in [6.07, 6.45) is 3.63. The first-order valence-electron chi connectivity index (χ1n) is 5.56. The van der Waals surface area contributed by atoms with Crippen molar-refractivity contribution in [2.24, 2.45) is 0 Å². The standard InChI is InChI=1S/C11H17N3O2/c1-14(2)11(15)9-7-16-13-10(9)8-4-3-5-12-6-8/h7-8,12H,3-6H2,1-2H3/t8-/m1/s1. The molecule has 1 aromatic rings. The van der Waals surface area contributed by atoms with Crippen molar-refractivity contribution in [1.82, 2.24) is 15.4 Å². The van der Waals surface area contributed by atoms with Gasteiger partial charge in [-0.3, -0.25) is 4.79 Å². The number of aromatic nitrogens is 1. The Balaban J connectivity index is 2.21. The number of nitrogens with one attached hydrogen (secondary N) is 1. The number of piperidine rings is 1. The summed E-state index contributed by atoms with van der Waals surface area (Å²) in [5.41, 5.74) is 1.39. The van der Waals surface area contributed by atoms with Gasteiger partial charge in [0.15, 0.2) is 0 Å². The van der Waals surface area contributed by atoms with E-state index in [2.05, 4.69) is 10.5 Å². The highest BCUT2D eigenvalue weighted by Gasteiger charge is 2.25. The van der Waals surface area contributed by atoms with Crippen LogP contribution in [0.4, 0.5) is 0 Å². The predicted octanol–water partition coefficient (Wildman–Crippen LogP) is 0.843. The maximum atomic E-state index is 11.9. The molecule has 0 saturated carbocycles. The quantitative estimate of drug-likeness (QED) is 0.807. The minimum absolute atomic E-state index is 0.0400. The van der Waals surface area contributed by atoms with Gasteiger partial charge in [0.1, 0.15) is 17.5 Å². The van der Waals surface area contributed by atoms with Crippen molar-refractivity contribution in [1.29, 1.82) is 0 Å². The normalized spacial score (nSPS) is 20.8. The second-order valence-corrected chi connectivity index (χ2v) is 4.36. The lowest BCUT2D eigenvalue weighted by Crippen LogP contribution is -2.30. The van der Waals surface area contributed by atoms with Crippen LogP contribution in [0.15, 0.2) is 10.8 Å². The summed E-state index contributed by atoms with van der Waals surface area (Å²) in [4.78, 5) is 13.4. The van der Waals surface area contributed by atoms with Gasteiger partial charge in [0, 0.05) is 26.6 Å². The number of rotatable bonds is 2. The van der Waals surface area contributed by atoms with Crippen LogP contribution in [0.1, 0.15) is 34.8 Å². The molecular weight excluding hydrogens is 206 g/mol. The second-order valence-electron chi connectivity index (χ2n) is 4.36. The Kier molecular flexibility index (Phi) is 3.24. The highest BCUT2D eigenvalue weighted by Crippen LogP contribution is 2.25. The van der Waals surface area contributed by atoms with Crippen LogP contribution in [0, 0.1) is 0 Å². The van der Waals surface area contributed by atoms with Crippen LogP contribution in [-0.4, -0.2) is 43.1 Å². The molecule has 1 amide bonds. The molecule has 16 heavy (non-hydrogen) atoms. The summed E-state index contributed by atoms with van der Waals surface area (Å²) in [5, 5.41) is 7.29. The lowest BCUT2D eigenvalue weighted by molar-refractivity contribution is 0.0825. The Morgan fingerprint density at radius 2 is 2.44 bits per heavy atom. The number of nitrogens with zero attached hydrogens (tertiary/aromatic N) is 2. The molecule has 1 aliphatic heterocycles. The van der Waals surface area contributed by atoms with Crippen molar-refractivity contribution in [3.8, 4) is 0 Å². The minimum atomic E-state index is -0.0400. The predicted molar refractivity (Wildman–Crippen MR) is 59.4 cm³/mol. The van der Waals surface area contributed by atoms with Crippen LogP contribution in [0.2, 0.25) is 0 Å². The molecule has 0 aliphatic carbocycles. The van der Waals surface area contributed by atoms with E-state index in [0.717, 1.165) is 31.6 Å². The minimum Gasteiger partial charge on any atom is -0.364 e. The Labute approximate surface area is 94.8 Å². The van der Waals surface area contributed by atoms with Crippen LogP contribution < -0.4 is 5.32 Å². The SMILES string of the molecule is CN(C)C(=O)c1conc1[C@@H]1CCCNC1. The molecule has 1 fully saturated rings. The molecular formula is C11H17N3O2. The van der Waals surface area contributed by atoms with E-state index in [0.29, 0.717) is 11.5 Å². The van der Waals surface area contributed by atoms with Crippen molar-refractivity contribution in [3.05, 3.63) is 17.5 Å². The van der Waals surface area contributed by atoms with E-state index < -0.39 is 0 Å². The third kappa shape index (κ3) is 2.09. The molecule has 0 unspecified atom stereocenters. The van der Waals surface area contributed by atoms with Crippen LogP contribution in [-0.2, 0) is 0 Å². The molecule has 2 heterocycles. The van der Waals surface area contributed by atoms with Crippen molar-refractivity contribution < 1.29 is 9.32 Å². The van der Waals surface area contributed by atoms with Gasteiger partial charge in [-0.25, -0.2) is 0 Å². The summed E-state index contributed by atoms with van der Waals surface area (Å²) >= 11 is 0. The lowest BCUT2D eigenvalue weighted by Gasteiger charge is -2.21. The van der Waals surface area contributed by atoms with E-state index in [1.807, 2.05) is 0 Å². The van der Waals surface area contributed by atoms with E-state index in [4.69, 9.17) is 4.52 Å². The summed E-state index contributed by atoms with van der Waals surface area (Å²) in [7, 11) is 3.47. The molecule has 1 atom stereocenters. The molecule has 0 spiro atoms. The molecule has 0 aromatic carbocycles. The number of amides is 1. The molecule has 0 bridgehead atoms. The zero-order valence-corrected chi connectivity index (χ0v) is 9.69. The zero-order chi connectivity index (χ0) is 11.5. The number of hydrogen-bond acceptors (Lipinski definition) is 4. The maximum absolute atomic E-state index is 11.9. The van der Waals surface area contributed by atoms with Crippen molar-refractivity contribution in [3.63, 3.8) is 0 Å². The second kappa shape index (κ2) is 4.65. The van der Waals surface area contributed by atoms with Gasteiger partial charge in [-0.1, -0.05) is 5.16 Å². The molecule has 1 aliphatic rings.